The highest BCUT2D eigenvalue weighted by molar-refractivity contribution is 5.84. The Bertz CT molecular complexity index is 1100. The van der Waals surface area contributed by atoms with Crippen LogP contribution in [0.3, 0.4) is 0 Å². The van der Waals surface area contributed by atoms with Gasteiger partial charge in [0.15, 0.2) is 24.1 Å². The normalized spacial score (nSPS) is 20.7. The van der Waals surface area contributed by atoms with Crippen LogP contribution in [-0.2, 0) is 5.92 Å². The molecule has 2 saturated heterocycles. The number of fused-ring (bicyclic) bond motifs is 4. The Hall–Kier alpha value is -2.63. The number of piperazine rings is 1. The quantitative estimate of drug-likeness (QED) is 0.614. The van der Waals surface area contributed by atoms with Gasteiger partial charge >= 0.3 is 5.92 Å². The van der Waals surface area contributed by atoms with Crippen LogP contribution in [0, 0.1) is 11.6 Å². The predicted molar refractivity (Wildman–Crippen MR) is 92.7 cm³/mol. The summed E-state index contributed by atoms with van der Waals surface area (Å²) in [5.41, 5.74) is -1.99. The molecule has 2 aliphatic rings. The zero-order valence-electron chi connectivity index (χ0n) is 15.1. The number of halogens is 5. The number of hydrogen-bond acceptors (Lipinski definition) is 6. The maximum absolute atomic E-state index is 14.7. The Morgan fingerprint density at radius 1 is 1.14 bits per heavy atom. The number of tetrazole rings is 1. The second-order valence-corrected chi connectivity index (χ2v) is 7.39. The molecule has 29 heavy (non-hydrogen) atoms. The molecule has 0 bridgehead atoms. The molecule has 1 atom stereocenters. The average molecular weight is 413 g/mol. The summed E-state index contributed by atoms with van der Waals surface area (Å²) in [6.07, 6.45) is 2.12. The van der Waals surface area contributed by atoms with Gasteiger partial charge in [-0.2, -0.15) is 13.3 Å². The minimum Gasteiger partial charge on any atom is -0.351 e. The molecular weight excluding hydrogens is 397 g/mol. The minimum atomic E-state index is -4.18. The van der Waals surface area contributed by atoms with E-state index in [2.05, 4.69) is 25.4 Å². The first-order valence-electron chi connectivity index (χ1n) is 9.24. The van der Waals surface area contributed by atoms with Crippen LogP contribution in [-0.4, -0.2) is 68.8 Å². The molecule has 0 saturated carbocycles. The SMILES string of the molecule is FCC(F)(F)c1cc2c(nc(N3CCN4CCCC4C3)c3nnnn32)c(F)c1F. The fraction of sp³-hybridized carbons (Fsp3) is 0.529. The van der Waals surface area contributed by atoms with Gasteiger partial charge in [-0.3, -0.25) is 4.90 Å². The van der Waals surface area contributed by atoms with Crippen LogP contribution in [0.15, 0.2) is 6.07 Å². The van der Waals surface area contributed by atoms with E-state index in [0.29, 0.717) is 25.2 Å². The Morgan fingerprint density at radius 2 is 1.97 bits per heavy atom. The summed E-state index contributed by atoms with van der Waals surface area (Å²) in [6, 6.07) is 0.979. The van der Waals surface area contributed by atoms with Crippen molar-refractivity contribution in [3.63, 3.8) is 0 Å². The molecule has 0 spiro atoms. The van der Waals surface area contributed by atoms with Crippen molar-refractivity contribution in [2.45, 2.75) is 24.8 Å². The molecule has 2 aromatic heterocycles. The van der Waals surface area contributed by atoms with Crippen LogP contribution in [0.4, 0.5) is 27.8 Å². The lowest BCUT2D eigenvalue weighted by Gasteiger charge is -2.38. The Labute approximate surface area is 161 Å². The van der Waals surface area contributed by atoms with Gasteiger partial charge in [-0.25, -0.2) is 18.2 Å². The standard InChI is InChI=1S/C17H16F5N7/c18-8-17(21,22)10-6-11-14(13(20)12(10)19)23-15(16-24-25-26-29(11)16)28-5-4-27-3-1-2-9(27)7-28/h6,9H,1-5,7-8H2. The second-order valence-electron chi connectivity index (χ2n) is 7.39. The van der Waals surface area contributed by atoms with E-state index in [0.717, 1.165) is 30.4 Å². The van der Waals surface area contributed by atoms with Crippen molar-refractivity contribution in [1.29, 1.82) is 0 Å². The molecule has 0 N–H and O–H groups in total. The van der Waals surface area contributed by atoms with Gasteiger partial charge in [0.2, 0.25) is 5.65 Å². The predicted octanol–water partition coefficient (Wildman–Crippen LogP) is 2.30. The number of hydrogen-bond donors (Lipinski definition) is 0. The van der Waals surface area contributed by atoms with Crippen molar-refractivity contribution in [1.82, 2.24) is 29.9 Å². The van der Waals surface area contributed by atoms with Gasteiger partial charge in [0, 0.05) is 25.7 Å². The number of nitrogens with zero attached hydrogens (tertiary/aromatic N) is 7. The van der Waals surface area contributed by atoms with Gasteiger partial charge in [0.1, 0.15) is 5.52 Å². The Kier molecular flexibility index (Phi) is 4.09. The third-order valence-electron chi connectivity index (χ3n) is 5.72. The van der Waals surface area contributed by atoms with Gasteiger partial charge in [-0.05, 0) is 35.9 Å². The highest BCUT2D eigenvalue weighted by atomic mass is 19.3. The Balaban J connectivity index is 1.70. The first-order chi connectivity index (χ1) is 13.9. The highest BCUT2D eigenvalue weighted by Crippen LogP contribution is 2.36. The molecule has 5 rings (SSSR count). The third kappa shape index (κ3) is 2.72. The summed E-state index contributed by atoms with van der Waals surface area (Å²) in [7, 11) is 0. The number of aromatic nitrogens is 5. The molecule has 154 valence electrons. The zero-order chi connectivity index (χ0) is 20.3. The molecule has 7 nitrogen and oxygen atoms in total. The first-order valence-corrected chi connectivity index (χ1v) is 9.24. The molecule has 3 aromatic rings. The van der Waals surface area contributed by atoms with Crippen LogP contribution in [0.25, 0.3) is 16.7 Å². The summed E-state index contributed by atoms with van der Waals surface area (Å²) >= 11 is 0. The van der Waals surface area contributed by atoms with Crippen molar-refractivity contribution in [2.75, 3.05) is 37.8 Å². The largest absolute Gasteiger partial charge is 0.351 e. The monoisotopic (exact) mass is 413 g/mol. The summed E-state index contributed by atoms with van der Waals surface area (Å²) in [4.78, 5) is 8.48. The fourth-order valence-corrected chi connectivity index (χ4v) is 4.25. The van der Waals surface area contributed by atoms with Crippen molar-refractivity contribution < 1.29 is 22.0 Å². The van der Waals surface area contributed by atoms with E-state index < -0.39 is 35.3 Å². The van der Waals surface area contributed by atoms with Gasteiger partial charge in [-0.15, -0.1) is 5.10 Å². The molecular formula is C17H16F5N7. The van der Waals surface area contributed by atoms with Crippen LogP contribution >= 0.6 is 0 Å². The van der Waals surface area contributed by atoms with Crippen LogP contribution in [0.1, 0.15) is 18.4 Å². The van der Waals surface area contributed by atoms with Gasteiger partial charge in [-0.1, -0.05) is 0 Å². The Morgan fingerprint density at radius 3 is 2.76 bits per heavy atom. The summed E-state index contributed by atoms with van der Waals surface area (Å²) in [5.74, 6) is -7.33. The molecule has 4 heterocycles. The van der Waals surface area contributed by atoms with Crippen LogP contribution in [0.5, 0.6) is 0 Å². The molecule has 12 heteroatoms. The maximum atomic E-state index is 14.7. The van der Waals surface area contributed by atoms with Gasteiger partial charge in [0.25, 0.3) is 0 Å². The smallest absolute Gasteiger partial charge is 0.304 e. The van der Waals surface area contributed by atoms with Crippen molar-refractivity contribution in [2.24, 2.45) is 0 Å². The van der Waals surface area contributed by atoms with Gasteiger partial charge in [0.05, 0.1) is 11.1 Å². The van der Waals surface area contributed by atoms with E-state index >= 15 is 0 Å². The lowest BCUT2D eigenvalue weighted by atomic mass is 10.1. The second kappa shape index (κ2) is 6.44. The molecule has 0 radical (unpaired) electrons. The number of alkyl halides is 3. The first kappa shape index (κ1) is 18.4. The summed E-state index contributed by atoms with van der Waals surface area (Å²) < 4.78 is 70.4. The molecule has 1 unspecified atom stereocenters. The molecule has 0 amide bonds. The number of anilines is 1. The van der Waals surface area contributed by atoms with Crippen LogP contribution < -0.4 is 4.90 Å². The number of benzene rings is 1. The maximum Gasteiger partial charge on any atom is 0.304 e. The van der Waals surface area contributed by atoms with E-state index in [4.69, 9.17) is 0 Å². The van der Waals surface area contributed by atoms with E-state index in [1.165, 1.54) is 0 Å². The van der Waals surface area contributed by atoms with E-state index in [1.54, 1.807) is 0 Å². The lowest BCUT2D eigenvalue weighted by molar-refractivity contribution is -0.0315. The third-order valence-corrected chi connectivity index (χ3v) is 5.72. The van der Waals surface area contributed by atoms with Crippen molar-refractivity contribution in [3.8, 4) is 0 Å². The van der Waals surface area contributed by atoms with Gasteiger partial charge < -0.3 is 4.90 Å². The zero-order valence-corrected chi connectivity index (χ0v) is 15.1. The molecule has 2 aliphatic heterocycles. The lowest BCUT2D eigenvalue weighted by Crippen LogP contribution is -2.50. The summed E-state index contributed by atoms with van der Waals surface area (Å²) in [6.45, 7) is 0.876. The molecule has 2 fully saturated rings. The van der Waals surface area contributed by atoms with E-state index in [9.17, 15) is 22.0 Å². The van der Waals surface area contributed by atoms with E-state index in [-0.39, 0.29) is 17.0 Å². The van der Waals surface area contributed by atoms with Crippen LogP contribution in [0.2, 0.25) is 0 Å². The topological polar surface area (TPSA) is 62.5 Å². The highest BCUT2D eigenvalue weighted by Gasteiger charge is 2.38. The number of rotatable bonds is 3. The fourth-order valence-electron chi connectivity index (χ4n) is 4.25. The summed E-state index contributed by atoms with van der Waals surface area (Å²) in [5, 5.41) is 11.2. The van der Waals surface area contributed by atoms with Crippen molar-refractivity contribution >= 4 is 22.5 Å². The van der Waals surface area contributed by atoms with E-state index in [1.807, 2.05) is 4.90 Å². The van der Waals surface area contributed by atoms with Crippen molar-refractivity contribution in [3.05, 3.63) is 23.3 Å². The molecule has 1 aromatic carbocycles. The average Bonchev–Trinajstić information content (AvgIpc) is 3.38. The molecule has 0 aliphatic carbocycles. The minimum absolute atomic E-state index is 0.143.